The SMILES string of the molecule is CC[C@@H](C)Oc1cccc(-c2nnc(CCC(=O)NCc3cccnc3)c(=O)[nH]2)c1. The molecule has 3 rings (SSSR count). The summed E-state index contributed by atoms with van der Waals surface area (Å²) < 4.78 is 5.81. The maximum absolute atomic E-state index is 12.4. The maximum Gasteiger partial charge on any atom is 0.273 e. The molecule has 8 heteroatoms. The van der Waals surface area contributed by atoms with Crippen molar-refractivity contribution < 1.29 is 9.53 Å². The third-order valence-corrected chi connectivity index (χ3v) is 4.59. The van der Waals surface area contributed by atoms with Gasteiger partial charge in [0.25, 0.3) is 5.56 Å². The lowest BCUT2D eigenvalue weighted by Crippen LogP contribution is -2.25. The molecule has 0 radical (unpaired) electrons. The summed E-state index contributed by atoms with van der Waals surface area (Å²) in [5, 5.41) is 10.9. The normalized spacial score (nSPS) is 11.7. The van der Waals surface area contributed by atoms with Crippen LogP contribution in [0, 0.1) is 0 Å². The van der Waals surface area contributed by atoms with Gasteiger partial charge in [-0.15, -0.1) is 10.2 Å². The number of hydrogen-bond donors (Lipinski definition) is 2. The zero-order valence-corrected chi connectivity index (χ0v) is 17.1. The van der Waals surface area contributed by atoms with Crippen LogP contribution in [0.15, 0.2) is 53.6 Å². The Balaban J connectivity index is 1.59. The second-order valence-corrected chi connectivity index (χ2v) is 6.95. The van der Waals surface area contributed by atoms with Gasteiger partial charge in [-0.2, -0.15) is 0 Å². The van der Waals surface area contributed by atoms with Crippen LogP contribution in [0.25, 0.3) is 11.4 Å². The molecule has 0 saturated heterocycles. The number of nitrogens with one attached hydrogen (secondary N) is 2. The Morgan fingerprint density at radius 2 is 2.10 bits per heavy atom. The van der Waals surface area contributed by atoms with Crippen molar-refractivity contribution in [2.24, 2.45) is 0 Å². The molecule has 0 bridgehead atoms. The summed E-state index contributed by atoms with van der Waals surface area (Å²) >= 11 is 0. The van der Waals surface area contributed by atoms with E-state index in [2.05, 4.69) is 32.4 Å². The minimum absolute atomic E-state index is 0.0945. The molecule has 0 aliphatic heterocycles. The molecule has 8 nitrogen and oxygen atoms in total. The van der Waals surface area contributed by atoms with Crippen LogP contribution in [0.3, 0.4) is 0 Å². The molecule has 0 aliphatic rings. The van der Waals surface area contributed by atoms with Crippen molar-refractivity contribution in [3.8, 4) is 17.1 Å². The summed E-state index contributed by atoms with van der Waals surface area (Å²) in [5.41, 5.74) is 1.49. The second-order valence-electron chi connectivity index (χ2n) is 6.95. The van der Waals surface area contributed by atoms with E-state index in [-0.39, 0.29) is 36.1 Å². The number of amides is 1. The average Bonchev–Trinajstić information content (AvgIpc) is 2.77. The fourth-order valence-corrected chi connectivity index (χ4v) is 2.71. The molecule has 0 saturated carbocycles. The zero-order chi connectivity index (χ0) is 21.3. The first kappa shape index (κ1) is 21.2. The largest absolute Gasteiger partial charge is 0.491 e. The molecule has 3 aromatic rings. The molecule has 1 amide bonds. The van der Waals surface area contributed by atoms with E-state index in [4.69, 9.17) is 4.74 Å². The summed E-state index contributed by atoms with van der Waals surface area (Å²) in [4.78, 5) is 31.2. The Morgan fingerprint density at radius 3 is 2.83 bits per heavy atom. The molecule has 1 aromatic carbocycles. The first-order valence-corrected chi connectivity index (χ1v) is 9.93. The number of pyridine rings is 1. The molecule has 0 spiro atoms. The van der Waals surface area contributed by atoms with E-state index in [9.17, 15) is 9.59 Å². The summed E-state index contributed by atoms with van der Waals surface area (Å²) in [6.07, 6.45) is 4.71. The van der Waals surface area contributed by atoms with Gasteiger partial charge in [-0.3, -0.25) is 14.6 Å². The van der Waals surface area contributed by atoms with Gasteiger partial charge in [0.2, 0.25) is 5.91 Å². The van der Waals surface area contributed by atoms with E-state index in [1.54, 1.807) is 12.4 Å². The highest BCUT2D eigenvalue weighted by Crippen LogP contribution is 2.21. The zero-order valence-electron chi connectivity index (χ0n) is 17.1. The number of aromatic nitrogens is 4. The number of carbonyl (C=O) groups excluding carboxylic acids is 1. The Kier molecular flexibility index (Phi) is 7.26. The van der Waals surface area contributed by atoms with Crippen molar-refractivity contribution in [3.05, 3.63) is 70.4 Å². The standard InChI is InChI=1S/C22H25N5O3/c1-3-15(2)30-18-8-4-7-17(12-18)21-25-22(29)19(26-27-21)9-10-20(28)24-14-16-6-5-11-23-13-16/h4-8,11-13,15H,3,9-10,14H2,1-2H3,(H,24,28)(H,25,27,29)/t15-/m1/s1. The van der Waals surface area contributed by atoms with Crippen molar-refractivity contribution in [1.29, 1.82) is 0 Å². The lowest BCUT2D eigenvalue weighted by molar-refractivity contribution is -0.121. The molecule has 156 valence electrons. The van der Waals surface area contributed by atoms with Crippen LogP contribution < -0.4 is 15.6 Å². The molecule has 2 N–H and O–H groups in total. The van der Waals surface area contributed by atoms with Gasteiger partial charge in [0, 0.05) is 37.3 Å². The van der Waals surface area contributed by atoms with Crippen molar-refractivity contribution in [2.75, 3.05) is 0 Å². The van der Waals surface area contributed by atoms with E-state index >= 15 is 0 Å². The lowest BCUT2D eigenvalue weighted by Gasteiger charge is -2.13. The van der Waals surface area contributed by atoms with Gasteiger partial charge in [-0.25, -0.2) is 0 Å². The Labute approximate surface area is 174 Å². The van der Waals surface area contributed by atoms with Crippen LogP contribution in [0.4, 0.5) is 0 Å². The van der Waals surface area contributed by atoms with Gasteiger partial charge in [0.1, 0.15) is 11.4 Å². The number of aromatic amines is 1. The van der Waals surface area contributed by atoms with E-state index < -0.39 is 0 Å². The molecule has 0 aliphatic carbocycles. The van der Waals surface area contributed by atoms with Gasteiger partial charge in [0.15, 0.2) is 5.82 Å². The van der Waals surface area contributed by atoms with E-state index in [0.717, 1.165) is 12.0 Å². The summed E-state index contributed by atoms with van der Waals surface area (Å²) in [6, 6.07) is 11.0. The van der Waals surface area contributed by atoms with Crippen LogP contribution >= 0.6 is 0 Å². The topological polar surface area (TPSA) is 110 Å². The summed E-state index contributed by atoms with van der Waals surface area (Å²) in [7, 11) is 0. The molecule has 1 atom stereocenters. The molecular formula is C22H25N5O3. The highest BCUT2D eigenvalue weighted by Gasteiger charge is 2.11. The number of aryl methyl sites for hydroxylation is 1. The second kappa shape index (κ2) is 10.3. The van der Waals surface area contributed by atoms with Crippen molar-refractivity contribution in [1.82, 2.24) is 25.5 Å². The molecular weight excluding hydrogens is 382 g/mol. The van der Waals surface area contributed by atoms with Crippen molar-refractivity contribution in [2.45, 2.75) is 45.8 Å². The van der Waals surface area contributed by atoms with Crippen LogP contribution in [-0.2, 0) is 17.8 Å². The first-order valence-electron chi connectivity index (χ1n) is 9.93. The number of benzene rings is 1. The number of nitrogens with zero attached hydrogens (tertiary/aromatic N) is 3. The Bertz CT molecular complexity index is 1040. The molecule has 0 unspecified atom stereocenters. The minimum atomic E-state index is -0.353. The summed E-state index contributed by atoms with van der Waals surface area (Å²) in [6.45, 7) is 4.44. The van der Waals surface area contributed by atoms with E-state index in [1.807, 2.05) is 43.3 Å². The fraction of sp³-hybridized carbons (Fsp3) is 0.318. The Morgan fingerprint density at radius 1 is 1.23 bits per heavy atom. The number of rotatable bonds is 9. The third kappa shape index (κ3) is 5.97. The molecule has 2 aromatic heterocycles. The molecule has 30 heavy (non-hydrogen) atoms. The third-order valence-electron chi connectivity index (χ3n) is 4.59. The molecule has 2 heterocycles. The van der Waals surface area contributed by atoms with Crippen LogP contribution in [0.5, 0.6) is 5.75 Å². The highest BCUT2D eigenvalue weighted by atomic mass is 16.5. The van der Waals surface area contributed by atoms with Gasteiger partial charge in [-0.1, -0.05) is 25.1 Å². The average molecular weight is 407 g/mol. The van der Waals surface area contributed by atoms with Crippen LogP contribution in [0.2, 0.25) is 0 Å². The highest BCUT2D eigenvalue weighted by molar-refractivity contribution is 5.76. The number of hydrogen-bond acceptors (Lipinski definition) is 6. The lowest BCUT2D eigenvalue weighted by atomic mass is 10.2. The summed E-state index contributed by atoms with van der Waals surface area (Å²) in [5.74, 6) is 0.900. The van der Waals surface area contributed by atoms with Gasteiger partial charge < -0.3 is 15.0 Å². The fourth-order valence-electron chi connectivity index (χ4n) is 2.71. The van der Waals surface area contributed by atoms with Crippen LogP contribution in [0.1, 0.15) is 37.9 Å². The van der Waals surface area contributed by atoms with Gasteiger partial charge >= 0.3 is 0 Å². The smallest absolute Gasteiger partial charge is 0.273 e. The predicted octanol–water partition coefficient (Wildman–Crippen LogP) is 2.65. The maximum atomic E-state index is 12.4. The monoisotopic (exact) mass is 407 g/mol. The van der Waals surface area contributed by atoms with Gasteiger partial charge in [0.05, 0.1) is 6.10 Å². The van der Waals surface area contributed by atoms with Crippen molar-refractivity contribution >= 4 is 5.91 Å². The molecule has 0 fully saturated rings. The predicted molar refractivity (Wildman–Crippen MR) is 113 cm³/mol. The van der Waals surface area contributed by atoms with Crippen molar-refractivity contribution in [3.63, 3.8) is 0 Å². The van der Waals surface area contributed by atoms with E-state index in [0.29, 0.717) is 23.7 Å². The van der Waals surface area contributed by atoms with E-state index in [1.165, 1.54) is 0 Å². The number of ether oxygens (including phenoxy) is 1. The van der Waals surface area contributed by atoms with Gasteiger partial charge in [-0.05, 0) is 37.1 Å². The Hall–Kier alpha value is -3.55. The first-order chi connectivity index (χ1) is 14.5. The quantitative estimate of drug-likeness (QED) is 0.564. The van der Waals surface area contributed by atoms with Crippen LogP contribution in [-0.4, -0.2) is 32.2 Å². The number of H-pyrrole nitrogens is 1. The number of carbonyl (C=O) groups is 1. The minimum Gasteiger partial charge on any atom is -0.491 e.